The number of hydrogen-bond donors (Lipinski definition) is 3. The third-order valence-electron chi connectivity index (χ3n) is 5.30. The van der Waals surface area contributed by atoms with Gasteiger partial charge in [0.15, 0.2) is 0 Å². The lowest BCUT2D eigenvalue weighted by molar-refractivity contribution is -0.137. The van der Waals surface area contributed by atoms with Gasteiger partial charge in [0.1, 0.15) is 0 Å². The standard InChI is InChI=1S/C28H46N2O4/c1-7-34-27(32)16-12-11-15-24(5)26(31)18-17-22(3)19-21(2)13-9-8-10-14-23(4)20-30-28(33)25(6)29/h8-9,11-13,15-17,23-26,31H,7,10,14,18-20,29H2,1-6H3,(H,30,33)/b9-8+,15-11+,16-12+,21-13+,22-17+/t23-,24-,25-,26-/m0/s1. The van der Waals surface area contributed by atoms with E-state index < -0.39 is 12.1 Å². The zero-order valence-corrected chi connectivity index (χ0v) is 21.9. The van der Waals surface area contributed by atoms with Crippen LogP contribution in [0.25, 0.3) is 0 Å². The van der Waals surface area contributed by atoms with E-state index in [1.165, 1.54) is 17.2 Å². The topological polar surface area (TPSA) is 102 Å². The average Bonchev–Trinajstić information content (AvgIpc) is 2.78. The van der Waals surface area contributed by atoms with Crippen molar-refractivity contribution in [2.75, 3.05) is 13.2 Å². The number of nitrogens with one attached hydrogen (secondary N) is 1. The molecule has 0 aliphatic carbocycles. The second-order valence-electron chi connectivity index (χ2n) is 9.04. The molecule has 0 spiro atoms. The van der Waals surface area contributed by atoms with Crippen LogP contribution in [0.1, 0.15) is 67.2 Å². The van der Waals surface area contributed by atoms with Gasteiger partial charge >= 0.3 is 5.97 Å². The summed E-state index contributed by atoms with van der Waals surface area (Å²) in [7, 11) is 0. The van der Waals surface area contributed by atoms with Crippen LogP contribution in [0.5, 0.6) is 0 Å². The van der Waals surface area contributed by atoms with E-state index in [1.807, 2.05) is 13.0 Å². The Labute approximate surface area is 206 Å². The smallest absolute Gasteiger partial charge is 0.330 e. The van der Waals surface area contributed by atoms with Crippen LogP contribution in [0.4, 0.5) is 0 Å². The van der Waals surface area contributed by atoms with Crippen molar-refractivity contribution in [3.63, 3.8) is 0 Å². The van der Waals surface area contributed by atoms with Gasteiger partial charge in [-0.25, -0.2) is 4.79 Å². The number of hydrogen-bond acceptors (Lipinski definition) is 5. The Morgan fingerprint density at radius 3 is 2.44 bits per heavy atom. The largest absolute Gasteiger partial charge is 0.463 e. The lowest BCUT2D eigenvalue weighted by atomic mass is 9.98. The Bertz CT molecular complexity index is 748. The molecule has 0 saturated carbocycles. The monoisotopic (exact) mass is 474 g/mol. The molecule has 6 heteroatoms. The van der Waals surface area contributed by atoms with Crippen LogP contribution in [0, 0.1) is 11.8 Å². The second-order valence-corrected chi connectivity index (χ2v) is 9.04. The lowest BCUT2D eigenvalue weighted by Gasteiger charge is -2.14. The number of allylic oxidation sites excluding steroid dienone is 7. The Kier molecular flexibility index (Phi) is 17.6. The average molecular weight is 475 g/mol. The number of amides is 1. The van der Waals surface area contributed by atoms with Crippen molar-refractivity contribution in [3.8, 4) is 0 Å². The fourth-order valence-electron chi connectivity index (χ4n) is 3.05. The van der Waals surface area contributed by atoms with Crippen LogP contribution >= 0.6 is 0 Å². The van der Waals surface area contributed by atoms with Crippen LogP contribution in [0.3, 0.4) is 0 Å². The highest BCUT2D eigenvalue weighted by Crippen LogP contribution is 2.15. The number of carbonyl (C=O) groups is 2. The fourth-order valence-corrected chi connectivity index (χ4v) is 3.05. The highest BCUT2D eigenvalue weighted by molar-refractivity contribution is 5.82. The van der Waals surface area contributed by atoms with Crippen molar-refractivity contribution in [2.45, 2.75) is 79.4 Å². The molecular weight excluding hydrogens is 428 g/mol. The molecule has 0 saturated heterocycles. The Hall–Kier alpha value is -2.44. The first-order chi connectivity index (χ1) is 16.1. The summed E-state index contributed by atoms with van der Waals surface area (Å²) in [6.45, 7) is 12.7. The molecule has 4 N–H and O–H groups in total. The molecule has 1 amide bonds. The molecule has 0 aliphatic rings. The summed E-state index contributed by atoms with van der Waals surface area (Å²) in [4.78, 5) is 22.8. The van der Waals surface area contributed by atoms with Gasteiger partial charge in [-0.2, -0.15) is 0 Å². The summed E-state index contributed by atoms with van der Waals surface area (Å²) >= 11 is 0. The fraction of sp³-hybridized carbons (Fsp3) is 0.571. The van der Waals surface area contributed by atoms with Gasteiger partial charge in [-0.1, -0.05) is 67.5 Å². The van der Waals surface area contributed by atoms with Gasteiger partial charge in [0, 0.05) is 18.5 Å². The molecule has 0 rings (SSSR count). The molecule has 6 nitrogen and oxygen atoms in total. The normalized spacial score (nSPS) is 16.7. The maximum absolute atomic E-state index is 11.5. The van der Waals surface area contributed by atoms with Crippen LogP contribution in [-0.2, 0) is 14.3 Å². The minimum Gasteiger partial charge on any atom is -0.463 e. The Morgan fingerprint density at radius 1 is 1.09 bits per heavy atom. The first kappa shape index (κ1) is 31.6. The molecule has 34 heavy (non-hydrogen) atoms. The molecule has 0 aromatic carbocycles. The van der Waals surface area contributed by atoms with Crippen LogP contribution in [0.2, 0.25) is 0 Å². The first-order valence-corrected chi connectivity index (χ1v) is 12.3. The van der Waals surface area contributed by atoms with E-state index in [4.69, 9.17) is 10.5 Å². The molecule has 0 aromatic rings. The molecule has 192 valence electrons. The molecule has 0 aromatic heterocycles. The lowest BCUT2D eigenvalue weighted by Crippen LogP contribution is -2.40. The molecule has 4 atom stereocenters. The van der Waals surface area contributed by atoms with Crippen molar-refractivity contribution >= 4 is 11.9 Å². The van der Waals surface area contributed by atoms with Gasteiger partial charge in [0.05, 0.1) is 18.8 Å². The number of carbonyl (C=O) groups excluding carboxylic acids is 2. The Morgan fingerprint density at radius 2 is 1.79 bits per heavy atom. The molecule has 0 unspecified atom stereocenters. The summed E-state index contributed by atoms with van der Waals surface area (Å²) in [5, 5.41) is 13.2. The van der Waals surface area contributed by atoms with E-state index in [0.717, 1.165) is 19.3 Å². The third kappa shape index (κ3) is 17.1. The minimum atomic E-state index is -0.480. The Balaban J connectivity index is 4.33. The van der Waals surface area contributed by atoms with Gasteiger partial charge in [-0.3, -0.25) is 4.79 Å². The van der Waals surface area contributed by atoms with Crippen molar-refractivity contribution in [1.82, 2.24) is 5.32 Å². The van der Waals surface area contributed by atoms with Gasteiger partial charge in [-0.15, -0.1) is 0 Å². The maximum atomic E-state index is 11.5. The number of aliphatic hydroxyl groups is 1. The van der Waals surface area contributed by atoms with Crippen molar-refractivity contribution < 1.29 is 19.4 Å². The molecule has 0 radical (unpaired) electrons. The number of nitrogens with two attached hydrogens (primary N) is 1. The highest BCUT2D eigenvalue weighted by atomic mass is 16.5. The zero-order valence-electron chi connectivity index (χ0n) is 21.9. The van der Waals surface area contributed by atoms with Crippen LogP contribution in [0.15, 0.2) is 59.8 Å². The SMILES string of the molecule is CCOC(=O)/C=C/C=C/[C@H](C)[C@@H](O)C/C=C(\C)C/C(C)=C/C=C/CC[C@H](C)CNC(=O)[C@H](C)N. The first-order valence-electron chi connectivity index (χ1n) is 12.3. The van der Waals surface area contributed by atoms with Gasteiger partial charge in [0.25, 0.3) is 0 Å². The van der Waals surface area contributed by atoms with E-state index in [2.05, 4.69) is 50.4 Å². The van der Waals surface area contributed by atoms with Gasteiger partial charge in [0.2, 0.25) is 5.91 Å². The maximum Gasteiger partial charge on any atom is 0.330 e. The number of ether oxygens (including phenoxy) is 1. The van der Waals surface area contributed by atoms with E-state index in [0.29, 0.717) is 25.5 Å². The number of rotatable bonds is 16. The van der Waals surface area contributed by atoms with Crippen LogP contribution in [-0.4, -0.2) is 42.3 Å². The summed E-state index contributed by atoms with van der Waals surface area (Å²) in [5.74, 6) is -0.0921. The van der Waals surface area contributed by atoms with E-state index in [-0.39, 0.29) is 17.8 Å². The van der Waals surface area contributed by atoms with Crippen molar-refractivity contribution in [3.05, 3.63) is 59.8 Å². The van der Waals surface area contributed by atoms with E-state index >= 15 is 0 Å². The minimum absolute atomic E-state index is 0.0233. The molecule has 0 heterocycles. The predicted molar refractivity (Wildman–Crippen MR) is 141 cm³/mol. The second kappa shape index (κ2) is 18.9. The van der Waals surface area contributed by atoms with Crippen molar-refractivity contribution in [1.29, 1.82) is 0 Å². The van der Waals surface area contributed by atoms with E-state index in [1.54, 1.807) is 26.0 Å². The van der Waals surface area contributed by atoms with Crippen molar-refractivity contribution in [2.24, 2.45) is 17.6 Å². The van der Waals surface area contributed by atoms with E-state index in [9.17, 15) is 14.7 Å². The number of aliphatic hydroxyl groups excluding tert-OH is 1. The third-order valence-corrected chi connectivity index (χ3v) is 5.30. The molecule has 0 bridgehead atoms. The number of esters is 1. The molecular formula is C28H46N2O4. The summed E-state index contributed by atoms with van der Waals surface area (Å²) in [6, 6.07) is -0.465. The summed E-state index contributed by atoms with van der Waals surface area (Å²) in [6.07, 6.45) is 18.0. The quantitative estimate of drug-likeness (QED) is 0.129. The molecule has 0 aliphatic heterocycles. The van der Waals surface area contributed by atoms with Gasteiger partial charge in [-0.05, 0) is 59.3 Å². The molecule has 0 fully saturated rings. The van der Waals surface area contributed by atoms with Gasteiger partial charge < -0.3 is 20.9 Å². The summed E-state index contributed by atoms with van der Waals surface area (Å²) < 4.78 is 4.82. The zero-order chi connectivity index (χ0) is 25.9. The predicted octanol–water partition coefficient (Wildman–Crippen LogP) is 4.77. The summed E-state index contributed by atoms with van der Waals surface area (Å²) in [5.41, 5.74) is 8.02. The highest BCUT2D eigenvalue weighted by Gasteiger charge is 2.10. The van der Waals surface area contributed by atoms with Crippen LogP contribution < -0.4 is 11.1 Å².